The summed E-state index contributed by atoms with van der Waals surface area (Å²) < 4.78 is 49.2. The number of nitrogens with zero attached hydrogens (tertiary/aromatic N) is 2. The zero-order chi connectivity index (χ0) is 16.3. The Morgan fingerprint density at radius 2 is 1.95 bits per heavy atom. The molecule has 1 heterocycles. The van der Waals surface area contributed by atoms with Crippen molar-refractivity contribution in [1.29, 1.82) is 0 Å². The summed E-state index contributed by atoms with van der Waals surface area (Å²) in [7, 11) is -3.04. The number of nitrogens with one attached hydrogen (secondary N) is 2. The fraction of sp³-hybridized carbons (Fsp3) is 0.167. The number of rotatable bonds is 4. The molecule has 2 rings (SSSR count). The highest BCUT2D eigenvalue weighted by Gasteiger charge is 2.26. The van der Waals surface area contributed by atoms with Crippen LogP contribution in [0, 0.1) is 0 Å². The molecule has 10 heteroatoms. The van der Waals surface area contributed by atoms with Crippen LogP contribution in [0.25, 0.3) is 0 Å². The number of amides is 2. The van der Waals surface area contributed by atoms with Crippen molar-refractivity contribution in [3.8, 4) is 0 Å². The van der Waals surface area contributed by atoms with Crippen LogP contribution in [-0.4, -0.2) is 30.0 Å². The van der Waals surface area contributed by atoms with Crippen molar-refractivity contribution in [3.63, 3.8) is 0 Å². The number of halogens is 2. The number of aryl methyl sites for hydroxylation is 1. The van der Waals surface area contributed by atoms with Gasteiger partial charge >= 0.3 is 11.8 Å². The minimum atomic E-state index is -4.71. The van der Waals surface area contributed by atoms with Crippen molar-refractivity contribution < 1.29 is 22.0 Å². The van der Waals surface area contributed by atoms with Crippen molar-refractivity contribution in [2.24, 2.45) is 7.05 Å². The van der Waals surface area contributed by atoms with Crippen LogP contribution >= 0.6 is 0 Å². The molecule has 22 heavy (non-hydrogen) atoms. The largest absolute Gasteiger partial charge is 0.341 e. The number of carbonyl (C=O) groups is 1. The SMILES string of the molecule is Cn1cc(NC(=O)Nc2cccc(S(=O)(=O)C(F)F)c2)cn1. The maximum Gasteiger partial charge on any atom is 0.341 e. The highest BCUT2D eigenvalue weighted by Crippen LogP contribution is 2.21. The van der Waals surface area contributed by atoms with Gasteiger partial charge in [0, 0.05) is 18.9 Å². The monoisotopic (exact) mass is 330 g/mol. The second-order valence-corrected chi connectivity index (χ2v) is 6.23. The molecule has 0 aliphatic heterocycles. The third kappa shape index (κ3) is 3.58. The number of hydrogen-bond donors (Lipinski definition) is 2. The van der Waals surface area contributed by atoms with Crippen molar-refractivity contribution in [1.82, 2.24) is 9.78 Å². The number of hydrogen-bond acceptors (Lipinski definition) is 4. The van der Waals surface area contributed by atoms with Gasteiger partial charge in [-0.1, -0.05) is 6.07 Å². The van der Waals surface area contributed by atoms with Crippen LogP contribution in [0.4, 0.5) is 25.0 Å². The molecular weight excluding hydrogens is 318 g/mol. The molecule has 0 aliphatic rings. The first-order chi connectivity index (χ1) is 10.3. The molecule has 1 aromatic heterocycles. The van der Waals surface area contributed by atoms with E-state index in [1.165, 1.54) is 23.0 Å². The fourth-order valence-corrected chi connectivity index (χ4v) is 2.40. The Bertz CT molecular complexity index is 789. The van der Waals surface area contributed by atoms with E-state index in [4.69, 9.17) is 0 Å². The van der Waals surface area contributed by atoms with Gasteiger partial charge in [0.15, 0.2) is 0 Å². The summed E-state index contributed by atoms with van der Waals surface area (Å²) in [6.07, 6.45) is 2.97. The first-order valence-corrected chi connectivity index (χ1v) is 7.52. The molecule has 0 radical (unpaired) electrons. The summed E-state index contributed by atoms with van der Waals surface area (Å²) in [5, 5.41) is 8.67. The Kier molecular flexibility index (Phi) is 4.40. The van der Waals surface area contributed by atoms with Gasteiger partial charge in [-0.25, -0.2) is 13.2 Å². The van der Waals surface area contributed by atoms with Gasteiger partial charge < -0.3 is 10.6 Å². The fourth-order valence-electron chi connectivity index (χ4n) is 1.63. The smallest absolute Gasteiger partial charge is 0.308 e. The van der Waals surface area contributed by atoms with Gasteiger partial charge in [0.05, 0.1) is 16.8 Å². The number of carbonyl (C=O) groups excluding carboxylic acids is 1. The second-order valence-electron chi connectivity index (χ2n) is 4.32. The molecule has 2 N–H and O–H groups in total. The number of benzene rings is 1. The van der Waals surface area contributed by atoms with E-state index in [9.17, 15) is 22.0 Å². The lowest BCUT2D eigenvalue weighted by atomic mass is 10.3. The summed E-state index contributed by atoms with van der Waals surface area (Å²) >= 11 is 0. The number of urea groups is 1. The lowest BCUT2D eigenvalue weighted by Gasteiger charge is -2.08. The Labute approximate surface area is 124 Å². The number of anilines is 2. The van der Waals surface area contributed by atoms with Crippen molar-refractivity contribution in [2.45, 2.75) is 10.7 Å². The van der Waals surface area contributed by atoms with Gasteiger partial charge in [0.1, 0.15) is 0 Å². The number of alkyl halides is 2. The lowest BCUT2D eigenvalue weighted by molar-refractivity contribution is 0.235. The molecule has 0 spiro atoms. The number of sulfone groups is 1. The quantitative estimate of drug-likeness (QED) is 0.897. The maximum atomic E-state index is 12.5. The Hall–Kier alpha value is -2.49. The van der Waals surface area contributed by atoms with Crippen molar-refractivity contribution in [2.75, 3.05) is 10.6 Å². The molecule has 0 bridgehead atoms. The zero-order valence-electron chi connectivity index (χ0n) is 11.3. The van der Waals surface area contributed by atoms with Crippen LogP contribution < -0.4 is 10.6 Å². The Morgan fingerprint density at radius 3 is 2.55 bits per heavy atom. The van der Waals surface area contributed by atoms with Crippen LogP contribution in [0.15, 0.2) is 41.6 Å². The highest BCUT2D eigenvalue weighted by atomic mass is 32.2. The average Bonchev–Trinajstić information content (AvgIpc) is 2.84. The van der Waals surface area contributed by atoms with Gasteiger partial charge in [-0.3, -0.25) is 4.68 Å². The summed E-state index contributed by atoms with van der Waals surface area (Å²) in [6.45, 7) is 0. The molecule has 118 valence electrons. The van der Waals surface area contributed by atoms with Crippen molar-refractivity contribution >= 4 is 27.2 Å². The summed E-state index contributed by atoms with van der Waals surface area (Å²) in [5.41, 5.74) is 0.500. The van der Waals surface area contributed by atoms with Gasteiger partial charge in [0.2, 0.25) is 9.84 Å². The molecule has 1 aromatic carbocycles. The van der Waals surface area contributed by atoms with E-state index in [1.54, 1.807) is 13.2 Å². The Morgan fingerprint density at radius 1 is 1.27 bits per heavy atom. The molecule has 0 fully saturated rings. The molecular formula is C12H12F2N4O3S. The molecule has 0 aliphatic carbocycles. The van der Waals surface area contributed by atoms with Gasteiger partial charge in [0.25, 0.3) is 0 Å². The van der Waals surface area contributed by atoms with Crippen molar-refractivity contribution in [3.05, 3.63) is 36.7 Å². The minimum Gasteiger partial charge on any atom is -0.308 e. The van der Waals surface area contributed by atoms with Gasteiger partial charge in [-0.15, -0.1) is 0 Å². The third-order valence-electron chi connectivity index (χ3n) is 2.62. The second kappa shape index (κ2) is 6.10. The van der Waals surface area contributed by atoms with Crippen LogP contribution in [0.1, 0.15) is 0 Å². The first kappa shape index (κ1) is 15.9. The van der Waals surface area contributed by atoms with Gasteiger partial charge in [-0.2, -0.15) is 13.9 Å². The minimum absolute atomic E-state index is 0.0723. The van der Waals surface area contributed by atoms with E-state index < -0.39 is 26.5 Å². The molecule has 2 amide bonds. The van der Waals surface area contributed by atoms with Crippen LogP contribution in [-0.2, 0) is 16.9 Å². The third-order valence-corrected chi connectivity index (χ3v) is 4.00. The Balaban J connectivity index is 2.12. The van der Waals surface area contributed by atoms with Crippen LogP contribution in [0.3, 0.4) is 0 Å². The predicted molar refractivity (Wildman–Crippen MR) is 75.5 cm³/mol. The first-order valence-electron chi connectivity index (χ1n) is 5.98. The lowest BCUT2D eigenvalue weighted by Crippen LogP contribution is -2.19. The van der Waals surface area contributed by atoms with Crippen LogP contribution in [0.5, 0.6) is 0 Å². The summed E-state index contributed by atoms with van der Waals surface area (Å²) in [4.78, 5) is 11.2. The molecule has 7 nitrogen and oxygen atoms in total. The van der Waals surface area contributed by atoms with E-state index in [-0.39, 0.29) is 5.69 Å². The summed E-state index contributed by atoms with van der Waals surface area (Å²) in [5.74, 6) is -3.52. The van der Waals surface area contributed by atoms with E-state index in [0.29, 0.717) is 5.69 Å². The van der Waals surface area contributed by atoms with E-state index in [1.807, 2.05) is 0 Å². The van der Waals surface area contributed by atoms with E-state index in [0.717, 1.165) is 12.1 Å². The molecule has 0 atom stereocenters. The highest BCUT2D eigenvalue weighted by molar-refractivity contribution is 7.91. The van der Waals surface area contributed by atoms with Gasteiger partial charge in [-0.05, 0) is 18.2 Å². The zero-order valence-corrected chi connectivity index (χ0v) is 12.1. The summed E-state index contributed by atoms with van der Waals surface area (Å²) in [6, 6.07) is 3.98. The average molecular weight is 330 g/mol. The normalized spacial score (nSPS) is 11.5. The maximum absolute atomic E-state index is 12.5. The predicted octanol–water partition coefficient (Wildman–Crippen LogP) is 2.06. The molecule has 0 unspecified atom stereocenters. The standard InChI is InChI=1S/C12H12F2N4O3S/c1-18-7-9(6-15-18)17-12(19)16-8-3-2-4-10(5-8)22(20,21)11(13)14/h2-7,11H,1H3,(H2,16,17,19). The van der Waals surface area contributed by atoms with E-state index >= 15 is 0 Å². The van der Waals surface area contributed by atoms with E-state index in [2.05, 4.69) is 15.7 Å². The molecule has 0 saturated heterocycles. The van der Waals surface area contributed by atoms with Crippen LogP contribution in [0.2, 0.25) is 0 Å². The molecule has 2 aromatic rings. The number of aromatic nitrogens is 2. The molecule has 0 saturated carbocycles. The topological polar surface area (TPSA) is 93.1 Å².